The number of carbonyl (C=O) groups excluding carboxylic acids is 1. The maximum atomic E-state index is 12.2. The topological polar surface area (TPSA) is 54.4 Å². The summed E-state index contributed by atoms with van der Waals surface area (Å²) in [5.41, 5.74) is 0.717. The van der Waals surface area contributed by atoms with Crippen molar-refractivity contribution < 1.29 is 14.7 Å². The Morgan fingerprint density at radius 3 is 2.67 bits per heavy atom. The van der Waals surface area contributed by atoms with Crippen LogP contribution in [0.15, 0.2) is 24.3 Å². The number of carboxylic acid groups (broad SMARTS) is 1. The summed E-state index contributed by atoms with van der Waals surface area (Å²) in [6.07, 6.45) is 2.84. The number of benzene rings is 1. The van der Waals surface area contributed by atoms with Gasteiger partial charge in [0, 0.05) is 15.6 Å². The zero-order chi connectivity index (χ0) is 13.1. The van der Waals surface area contributed by atoms with E-state index in [0.29, 0.717) is 18.4 Å². The van der Waals surface area contributed by atoms with E-state index < -0.39 is 5.97 Å². The molecule has 1 aliphatic rings. The SMILES string of the molecule is O=C(C[C@@H]1CCC[C@H]1C(=O)O)c1ccccc1I. The molecule has 1 fully saturated rings. The maximum absolute atomic E-state index is 12.2. The van der Waals surface area contributed by atoms with E-state index in [1.807, 2.05) is 24.3 Å². The van der Waals surface area contributed by atoms with Gasteiger partial charge in [-0.05, 0) is 47.4 Å². The van der Waals surface area contributed by atoms with Crippen LogP contribution in [0, 0.1) is 15.4 Å². The predicted octanol–water partition coefficient (Wildman–Crippen LogP) is 3.36. The molecule has 3 nitrogen and oxygen atoms in total. The molecule has 0 unspecified atom stereocenters. The highest BCUT2D eigenvalue weighted by atomic mass is 127. The predicted molar refractivity (Wildman–Crippen MR) is 76.6 cm³/mol. The Morgan fingerprint density at radius 2 is 2.00 bits per heavy atom. The number of halogens is 1. The van der Waals surface area contributed by atoms with E-state index in [9.17, 15) is 9.59 Å². The lowest BCUT2D eigenvalue weighted by molar-refractivity contribution is -0.142. The van der Waals surface area contributed by atoms with Gasteiger partial charge in [0.1, 0.15) is 0 Å². The smallest absolute Gasteiger partial charge is 0.306 e. The third-order valence-corrected chi connectivity index (χ3v) is 4.54. The Kier molecular flexibility index (Phi) is 4.37. The van der Waals surface area contributed by atoms with Gasteiger partial charge < -0.3 is 5.11 Å². The normalized spacial score (nSPS) is 22.9. The summed E-state index contributed by atoms with van der Waals surface area (Å²) in [6, 6.07) is 7.46. The first kappa shape index (κ1) is 13.5. The zero-order valence-electron chi connectivity index (χ0n) is 9.93. The Bertz CT molecular complexity index is 470. The van der Waals surface area contributed by atoms with Gasteiger partial charge in [0.25, 0.3) is 0 Å². The molecule has 2 rings (SSSR count). The largest absolute Gasteiger partial charge is 0.481 e. The second-order valence-corrected chi connectivity index (χ2v) is 5.91. The highest BCUT2D eigenvalue weighted by molar-refractivity contribution is 14.1. The third-order valence-electron chi connectivity index (χ3n) is 3.60. The minimum absolute atomic E-state index is 0.00556. The van der Waals surface area contributed by atoms with Crippen molar-refractivity contribution in [3.63, 3.8) is 0 Å². The molecule has 2 atom stereocenters. The number of carboxylic acids is 1. The van der Waals surface area contributed by atoms with Crippen LogP contribution >= 0.6 is 22.6 Å². The van der Waals surface area contributed by atoms with Gasteiger partial charge >= 0.3 is 5.97 Å². The highest BCUT2D eigenvalue weighted by Gasteiger charge is 2.34. The number of aliphatic carboxylic acids is 1. The van der Waals surface area contributed by atoms with Gasteiger partial charge in [-0.3, -0.25) is 9.59 Å². The monoisotopic (exact) mass is 358 g/mol. The van der Waals surface area contributed by atoms with E-state index in [-0.39, 0.29) is 17.6 Å². The fourth-order valence-corrected chi connectivity index (χ4v) is 3.33. The third kappa shape index (κ3) is 2.91. The summed E-state index contributed by atoms with van der Waals surface area (Å²) >= 11 is 2.14. The van der Waals surface area contributed by atoms with Gasteiger partial charge in [-0.25, -0.2) is 0 Å². The van der Waals surface area contributed by atoms with Crippen LogP contribution in [-0.2, 0) is 4.79 Å². The van der Waals surface area contributed by atoms with Crippen LogP contribution in [0.5, 0.6) is 0 Å². The molecule has 0 radical (unpaired) electrons. The average molecular weight is 358 g/mol. The average Bonchev–Trinajstić information content (AvgIpc) is 2.77. The first-order valence-electron chi connectivity index (χ1n) is 6.10. The molecule has 0 spiro atoms. The zero-order valence-corrected chi connectivity index (χ0v) is 12.1. The summed E-state index contributed by atoms with van der Waals surface area (Å²) in [5.74, 6) is -1.02. The molecule has 1 aromatic rings. The first-order chi connectivity index (χ1) is 8.59. The van der Waals surface area contributed by atoms with Crippen LogP contribution in [-0.4, -0.2) is 16.9 Å². The number of rotatable bonds is 4. The van der Waals surface area contributed by atoms with Crippen molar-refractivity contribution in [2.24, 2.45) is 11.8 Å². The van der Waals surface area contributed by atoms with Crippen molar-refractivity contribution in [3.8, 4) is 0 Å². The molecule has 4 heteroatoms. The van der Waals surface area contributed by atoms with Crippen molar-refractivity contribution >= 4 is 34.3 Å². The van der Waals surface area contributed by atoms with Crippen LogP contribution in [0.25, 0.3) is 0 Å². The Hall–Kier alpha value is -0.910. The second kappa shape index (κ2) is 5.82. The molecular weight excluding hydrogens is 343 g/mol. The summed E-state index contributed by atoms with van der Waals surface area (Å²) in [7, 11) is 0. The van der Waals surface area contributed by atoms with Crippen molar-refractivity contribution in [2.45, 2.75) is 25.7 Å². The second-order valence-electron chi connectivity index (χ2n) is 4.74. The summed E-state index contributed by atoms with van der Waals surface area (Å²) < 4.78 is 0.935. The van der Waals surface area contributed by atoms with Crippen LogP contribution in [0.2, 0.25) is 0 Å². The van der Waals surface area contributed by atoms with Gasteiger partial charge in [-0.15, -0.1) is 0 Å². The molecule has 96 valence electrons. The number of hydrogen-bond acceptors (Lipinski definition) is 2. The lowest BCUT2D eigenvalue weighted by Crippen LogP contribution is -2.21. The molecule has 0 aliphatic heterocycles. The van der Waals surface area contributed by atoms with Crippen molar-refractivity contribution in [1.29, 1.82) is 0 Å². The highest BCUT2D eigenvalue weighted by Crippen LogP contribution is 2.35. The van der Waals surface area contributed by atoms with Crippen LogP contribution in [0.3, 0.4) is 0 Å². The van der Waals surface area contributed by atoms with Gasteiger partial charge in [0.15, 0.2) is 5.78 Å². The molecule has 0 saturated heterocycles. The summed E-state index contributed by atoms with van der Waals surface area (Å²) in [6.45, 7) is 0. The van der Waals surface area contributed by atoms with Crippen LogP contribution < -0.4 is 0 Å². The Labute approximate surface area is 120 Å². The molecule has 1 aliphatic carbocycles. The number of ketones is 1. The molecule has 1 saturated carbocycles. The number of carbonyl (C=O) groups is 2. The Morgan fingerprint density at radius 1 is 1.28 bits per heavy atom. The molecular formula is C14H15IO3. The van der Waals surface area contributed by atoms with Crippen LogP contribution in [0.1, 0.15) is 36.0 Å². The molecule has 0 heterocycles. The minimum atomic E-state index is -0.756. The fourth-order valence-electron chi connectivity index (χ4n) is 2.64. The van der Waals surface area contributed by atoms with Crippen LogP contribution in [0.4, 0.5) is 0 Å². The summed E-state index contributed by atoms with van der Waals surface area (Å²) in [5, 5.41) is 9.11. The first-order valence-corrected chi connectivity index (χ1v) is 7.18. The maximum Gasteiger partial charge on any atom is 0.306 e. The molecule has 1 N–H and O–H groups in total. The fraction of sp³-hybridized carbons (Fsp3) is 0.429. The van der Waals surface area contributed by atoms with E-state index >= 15 is 0 Å². The van der Waals surface area contributed by atoms with E-state index in [1.165, 1.54) is 0 Å². The van der Waals surface area contributed by atoms with Crippen molar-refractivity contribution in [3.05, 3.63) is 33.4 Å². The quantitative estimate of drug-likeness (QED) is 0.663. The van der Waals surface area contributed by atoms with Gasteiger partial charge in [0.05, 0.1) is 5.92 Å². The van der Waals surface area contributed by atoms with Gasteiger partial charge in [-0.1, -0.05) is 24.6 Å². The molecule has 0 amide bonds. The molecule has 18 heavy (non-hydrogen) atoms. The van der Waals surface area contributed by atoms with Crippen molar-refractivity contribution in [2.75, 3.05) is 0 Å². The summed E-state index contributed by atoms with van der Waals surface area (Å²) in [4.78, 5) is 23.3. The Balaban J connectivity index is 2.08. The number of hydrogen-bond donors (Lipinski definition) is 1. The molecule has 1 aromatic carbocycles. The molecule has 0 bridgehead atoms. The van der Waals surface area contributed by atoms with E-state index in [2.05, 4.69) is 22.6 Å². The lowest BCUT2D eigenvalue weighted by atomic mass is 9.89. The molecule has 0 aromatic heterocycles. The standard InChI is InChI=1S/C14H15IO3/c15-12-7-2-1-5-11(12)13(16)8-9-4-3-6-10(9)14(17)18/h1-2,5,7,9-10H,3-4,6,8H2,(H,17,18)/t9-,10+/m0/s1. The minimum Gasteiger partial charge on any atom is -0.481 e. The van der Waals surface area contributed by atoms with Gasteiger partial charge in [0.2, 0.25) is 0 Å². The number of Topliss-reactive ketones (excluding diaryl/α,β-unsaturated/α-hetero) is 1. The van der Waals surface area contributed by atoms with Crippen molar-refractivity contribution in [1.82, 2.24) is 0 Å². The lowest BCUT2D eigenvalue weighted by Gasteiger charge is -2.15. The van der Waals surface area contributed by atoms with E-state index in [0.717, 1.165) is 16.4 Å². The van der Waals surface area contributed by atoms with E-state index in [1.54, 1.807) is 0 Å². The van der Waals surface area contributed by atoms with Gasteiger partial charge in [-0.2, -0.15) is 0 Å². The van der Waals surface area contributed by atoms with E-state index in [4.69, 9.17) is 5.11 Å².